The van der Waals surface area contributed by atoms with Gasteiger partial charge in [-0.3, -0.25) is 5.41 Å². The molecule has 0 aromatic heterocycles. The number of nitrogen functional groups attached to an aromatic ring is 1. The number of ether oxygens (including phenoxy) is 2. The molecule has 35 heavy (non-hydrogen) atoms. The van der Waals surface area contributed by atoms with Crippen LogP contribution >= 0.6 is 0 Å². The van der Waals surface area contributed by atoms with Crippen LogP contribution in [0.25, 0.3) is 0 Å². The molecule has 8 nitrogen and oxygen atoms in total. The number of hydrogen-bond acceptors (Lipinski definition) is 6. The van der Waals surface area contributed by atoms with E-state index in [9.17, 15) is 8.42 Å². The summed E-state index contributed by atoms with van der Waals surface area (Å²) in [7, 11) is -1.75. The third kappa shape index (κ3) is 7.46. The first kappa shape index (κ1) is 26.1. The van der Waals surface area contributed by atoms with E-state index in [4.69, 9.17) is 20.6 Å². The zero-order chi connectivity index (χ0) is 25.3. The lowest BCUT2D eigenvalue weighted by atomic mass is 10.1. The zero-order valence-corrected chi connectivity index (χ0v) is 20.8. The van der Waals surface area contributed by atoms with Gasteiger partial charge in [0.15, 0.2) is 11.5 Å². The van der Waals surface area contributed by atoms with Crippen LogP contribution in [-0.4, -0.2) is 40.2 Å². The molecule has 0 saturated heterocycles. The van der Waals surface area contributed by atoms with Crippen LogP contribution in [0.3, 0.4) is 0 Å². The Morgan fingerprint density at radius 2 is 1.69 bits per heavy atom. The van der Waals surface area contributed by atoms with E-state index in [1.165, 1.54) is 0 Å². The van der Waals surface area contributed by atoms with Crippen molar-refractivity contribution in [3.05, 3.63) is 83.9 Å². The van der Waals surface area contributed by atoms with E-state index in [1.54, 1.807) is 19.2 Å². The summed E-state index contributed by atoms with van der Waals surface area (Å²) in [6.07, 6.45) is 0.549. The summed E-state index contributed by atoms with van der Waals surface area (Å²) in [5.74, 6) is 1.24. The number of nitrogens with two attached hydrogens (primary N) is 1. The van der Waals surface area contributed by atoms with E-state index in [1.807, 2.05) is 72.5 Å². The third-order valence-electron chi connectivity index (χ3n) is 5.32. The van der Waals surface area contributed by atoms with Gasteiger partial charge in [-0.25, -0.2) is 13.1 Å². The maximum absolute atomic E-state index is 12.1. The van der Waals surface area contributed by atoms with Gasteiger partial charge in [0.1, 0.15) is 12.4 Å². The van der Waals surface area contributed by atoms with Gasteiger partial charge in [0.25, 0.3) is 0 Å². The number of sulfonamides is 1. The Balaban J connectivity index is 1.85. The van der Waals surface area contributed by atoms with Gasteiger partial charge in [-0.15, -0.1) is 0 Å². The van der Waals surface area contributed by atoms with Crippen LogP contribution in [0.5, 0.6) is 11.5 Å². The van der Waals surface area contributed by atoms with Gasteiger partial charge < -0.3 is 20.1 Å². The Morgan fingerprint density at radius 1 is 1.00 bits per heavy atom. The van der Waals surface area contributed by atoms with Gasteiger partial charge in [0.2, 0.25) is 10.0 Å². The highest BCUT2D eigenvalue weighted by molar-refractivity contribution is 7.89. The topological polar surface area (TPSA) is 118 Å². The van der Waals surface area contributed by atoms with Crippen molar-refractivity contribution in [1.29, 1.82) is 5.41 Å². The standard InChI is InChI=1S/C26H32N4O4S/c1-3-17-35(31,32)29-15-16-30(22-11-9-21(10-12-22)26(27)28)23-13-14-24(25(18-23)33-2)34-19-20-7-5-4-6-8-20/h4-14,18,29H,3,15-17,19H2,1-2H3,(H3,27,28). The van der Waals surface area contributed by atoms with Crippen LogP contribution in [0.2, 0.25) is 0 Å². The Labute approximate surface area is 207 Å². The predicted molar refractivity (Wildman–Crippen MR) is 140 cm³/mol. The maximum atomic E-state index is 12.1. The van der Waals surface area contributed by atoms with Gasteiger partial charge in [0, 0.05) is 36.1 Å². The molecule has 0 atom stereocenters. The summed E-state index contributed by atoms with van der Waals surface area (Å²) in [5.41, 5.74) is 8.88. The van der Waals surface area contributed by atoms with Crippen LogP contribution in [-0.2, 0) is 16.6 Å². The first-order valence-corrected chi connectivity index (χ1v) is 13.0. The summed E-state index contributed by atoms with van der Waals surface area (Å²) in [5, 5.41) is 7.63. The molecule has 0 heterocycles. The lowest BCUT2D eigenvalue weighted by molar-refractivity contribution is 0.284. The minimum Gasteiger partial charge on any atom is -0.493 e. The predicted octanol–water partition coefficient (Wildman–Crippen LogP) is 4.03. The largest absolute Gasteiger partial charge is 0.493 e. The molecular weight excluding hydrogens is 464 g/mol. The van der Waals surface area contributed by atoms with Crippen molar-refractivity contribution in [2.45, 2.75) is 20.0 Å². The summed E-state index contributed by atoms with van der Waals surface area (Å²) < 4.78 is 38.5. The quantitative estimate of drug-likeness (QED) is 0.243. The average molecular weight is 497 g/mol. The average Bonchev–Trinajstić information content (AvgIpc) is 2.86. The van der Waals surface area contributed by atoms with Crippen LogP contribution < -0.4 is 24.8 Å². The second kappa shape index (κ2) is 12.2. The Bertz CT molecular complexity index is 1220. The van der Waals surface area contributed by atoms with Crippen molar-refractivity contribution >= 4 is 27.2 Å². The van der Waals surface area contributed by atoms with Crippen molar-refractivity contribution in [2.24, 2.45) is 5.73 Å². The fraction of sp³-hybridized carbons (Fsp3) is 0.269. The molecule has 0 radical (unpaired) electrons. The van der Waals surface area contributed by atoms with E-state index in [0.717, 1.165) is 16.9 Å². The number of methoxy groups -OCH3 is 1. The monoisotopic (exact) mass is 496 g/mol. The fourth-order valence-electron chi connectivity index (χ4n) is 3.56. The molecular formula is C26H32N4O4S. The van der Waals surface area contributed by atoms with Crippen molar-refractivity contribution in [3.8, 4) is 11.5 Å². The summed E-state index contributed by atoms with van der Waals surface area (Å²) >= 11 is 0. The minimum absolute atomic E-state index is 0.0167. The lowest BCUT2D eigenvalue weighted by Gasteiger charge is -2.26. The van der Waals surface area contributed by atoms with E-state index >= 15 is 0 Å². The molecule has 9 heteroatoms. The number of amidine groups is 1. The molecule has 4 N–H and O–H groups in total. The van der Waals surface area contributed by atoms with Gasteiger partial charge >= 0.3 is 0 Å². The second-order valence-corrected chi connectivity index (χ2v) is 9.86. The normalized spacial score (nSPS) is 11.1. The van der Waals surface area contributed by atoms with Crippen molar-refractivity contribution in [2.75, 3.05) is 30.9 Å². The molecule has 186 valence electrons. The lowest BCUT2D eigenvalue weighted by Crippen LogP contribution is -2.34. The molecule has 3 aromatic rings. The van der Waals surface area contributed by atoms with E-state index in [0.29, 0.717) is 36.6 Å². The minimum atomic E-state index is -3.33. The molecule has 3 rings (SSSR count). The first-order chi connectivity index (χ1) is 16.8. The molecule has 3 aromatic carbocycles. The Kier molecular flexibility index (Phi) is 9.11. The van der Waals surface area contributed by atoms with E-state index < -0.39 is 10.0 Å². The van der Waals surface area contributed by atoms with Crippen LogP contribution in [0, 0.1) is 5.41 Å². The summed E-state index contributed by atoms with van der Waals surface area (Å²) in [4.78, 5) is 1.97. The molecule has 0 spiro atoms. The van der Waals surface area contributed by atoms with E-state index in [2.05, 4.69) is 4.72 Å². The molecule has 0 aliphatic heterocycles. The molecule has 0 amide bonds. The SMILES string of the molecule is CCCS(=O)(=O)NCCN(c1ccc(C(=N)N)cc1)c1ccc(OCc2ccccc2)c(OC)c1. The number of nitrogens with zero attached hydrogens (tertiary/aromatic N) is 1. The smallest absolute Gasteiger partial charge is 0.211 e. The summed E-state index contributed by atoms with van der Waals surface area (Å²) in [6.45, 7) is 2.85. The van der Waals surface area contributed by atoms with Crippen molar-refractivity contribution in [1.82, 2.24) is 4.72 Å². The first-order valence-electron chi connectivity index (χ1n) is 11.4. The van der Waals surface area contributed by atoms with Crippen molar-refractivity contribution in [3.63, 3.8) is 0 Å². The molecule has 0 fully saturated rings. The molecule has 0 aliphatic rings. The van der Waals surface area contributed by atoms with Gasteiger partial charge in [0.05, 0.1) is 12.9 Å². The molecule has 0 bridgehead atoms. The van der Waals surface area contributed by atoms with Crippen LogP contribution in [0.15, 0.2) is 72.8 Å². The van der Waals surface area contributed by atoms with Crippen LogP contribution in [0.4, 0.5) is 11.4 Å². The highest BCUT2D eigenvalue weighted by Crippen LogP contribution is 2.35. The van der Waals surface area contributed by atoms with Gasteiger partial charge in [-0.05, 0) is 48.4 Å². The molecule has 0 aliphatic carbocycles. The number of nitrogens with one attached hydrogen (secondary N) is 2. The maximum Gasteiger partial charge on any atom is 0.211 e. The Morgan fingerprint density at radius 3 is 2.31 bits per heavy atom. The number of rotatable bonds is 13. The number of benzene rings is 3. The molecule has 0 saturated carbocycles. The molecule has 0 unspecified atom stereocenters. The summed E-state index contributed by atoms with van der Waals surface area (Å²) in [6, 6.07) is 22.7. The van der Waals surface area contributed by atoms with Gasteiger partial charge in [-0.1, -0.05) is 37.3 Å². The highest BCUT2D eigenvalue weighted by Gasteiger charge is 2.16. The number of hydrogen-bond donors (Lipinski definition) is 3. The van der Waals surface area contributed by atoms with Crippen molar-refractivity contribution < 1.29 is 17.9 Å². The highest BCUT2D eigenvalue weighted by atomic mass is 32.2. The number of anilines is 2. The third-order valence-corrected chi connectivity index (χ3v) is 6.91. The zero-order valence-electron chi connectivity index (χ0n) is 20.0. The Hall–Kier alpha value is -3.56. The fourth-order valence-corrected chi connectivity index (χ4v) is 4.64. The van der Waals surface area contributed by atoms with E-state index in [-0.39, 0.29) is 18.1 Å². The van der Waals surface area contributed by atoms with Gasteiger partial charge in [-0.2, -0.15) is 0 Å². The van der Waals surface area contributed by atoms with Crippen LogP contribution in [0.1, 0.15) is 24.5 Å². The second-order valence-electron chi connectivity index (χ2n) is 7.93.